The summed E-state index contributed by atoms with van der Waals surface area (Å²) in [7, 11) is 0. The highest BCUT2D eigenvalue weighted by molar-refractivity contribution is 7.14. The van der Waals surface area contributed by atoms with Gasteiger partial charge in [0.25, 0.3) is 0 Å². The minimum absolute atomic E-state index is 0.0400. The zero-order valence-corrected chi connectivity index (χ0v) is 20.7. The highest BCUT2D eigenvalue weighted by Crippen LogP contribution is 2.42. The fourth-order valence-corrected chi connectivity index (χ4v) is 5.15. The third-order valence-electron chi connectivity index (χ3n) is 6.05. The van der Waals surface area contributed by atoms with Crippen LogP contribution in [0.4, 0.5) is 19.6 Å². The van der Waals surface area contributed by atoms with Gasteiger partial charge in [0.15, 0.2) is 11.6 Å². The SMILES string of the molecule is CC(C)N(C(=O)C1(C(=O)Nc2ccc(Cl)cn2)CCNC(c2ccc(F)c(F)c2)C1)c1cncs1. The molecule has 0 radical (unpaired) electrons. The Morgan fingerprint density at radius 2 is 2.03 bits per heavy atom. The van der Waals surface area contributed by atoms with E-state index in [2.05, 4.69) is 20.6 Å². The van der Waals surface area contributed by atoms with Gasteiger partial charge in [-0.15, -0.1) is 11.3 Å². The van der Waals surface area contributed by atoms with Crippen molar-refractivity contribution in [2.24, 2.45) is 5.41 Å². The molecule has 0 aliphatic carbocycles. The van der Waals surface area contributed by atoms with Crippen LogP contribution < -0.4 is 15.5 Å². The van der Waals surface area contributed by atoms with Gasteiger partial charge >= 0.3 is 0 Å². The van der Waals surface area contributed by atoms with Crippen LogP contribution in [0.3, 0.4) is 0 Å². The molecule has 1 aliphatic rings. The van der Waals surface area contributed by atoms with Crippen LogP contribution in [0.5, 0.6) is 0 Å². The molecule has 184 valence electrons. The van der Waals surface area contributed by atoms with Crippen LogP contribution in [-0.2, 0) is 9.59 Å². The van der Waals surface area contributed by atoms with Crippen molar-refractivity contribution in [1.82, 2.24) is 15.3 Å². The molecule has 1 fully saturated rings. The zero-order valence-electron chi connectivity index (χ0n) is 19.1. The third-order valence-corrected chi connectivity index (χ3v) is 7.04. The van der Waals surface area contributed by atoms with Crippen molar-refractivity contribution < 1.29 is 18.4 Å². The highest BCUT2D eigenvalue weighted by atomic mass is 35.5. The first-order valence-corrected chi connectivity index (χ1v) is 12.3. The van der Waals surface area contributed by atoms with E-state index in [0.717, 1.165) is 12.1 Å². The number of aromatic nitrogens is 2. The lowest BCUT2D eigenvalue weighted by molar-refractivity contribution is -0.141. The van der Waals surface area contributed by atoms with Gasteiger partial charge in [0.2, 0.25) is 11.8 Å². The van der Waals surface area contributed by atoms with E-state index in [1.807, 2.05) is 13.8 Å². The maximum atomic E-state index is 14.2. The molecule has 11 heteroatoms. The summed E-state index contributed by atoms with van der Waals surface area (Å²) >= 11 is 7.21. The Morgan fingerprint density at radius 1 is 1.23 bits per heavy atom. The summed E-state index contributed by atoms with van der Waals surface area (Å²) in [5, 5.41) is 7.02. The van der Waals surface area contributed by atoms with E-state index in [4.69, 9.17) is 11.6 Å². The summed E-state index contributed by atoms with van der Waals surface area (Å²) < 4.78 is 27.6. The molecule has 2 atom stereocenters. The van der Waals surface area contributed by atoms with Gasteiger partial charge in [-0.2, -0.15) is 0 Å². The molecule has 2 aromatic heterocycles. The number of amides is 2. The van der Waals surface area contributed by atoms with Crippen LogP contribution in [0, 0.1) is 17.0 Å². The Hall–Kier alpha value is -2.95. The van der Waals surface area contributed by atoms with Gasteiger partial charge in [0, 0.05) is 18.3 Å². The van der Waals surface area contributed by atoms with Gasteiger partial charge in [-0.3, -0.25) is 19.5 Å². The molecule has 1 aliphatic heterocycles. The van der Waals surface area contributed by atoms with Crippen LogP contribution in [0.2, 0.25) is 5.02 Å². The van der Waals surface area contributed by atoms with Crippen molar-refractivity contribution >= 4 is 45.6 Å². The van der Waals surface area contributed by atoms with Crippen LogP contribution >= 0.6 is 22.9 Å². The van der Waals surface area contributed by atoms with Gasteiger partial charge in [-0.1, -0.05) is 17.7 Å². The van der Waals surface area contributed by atoms with E-state index in [-0.39, 0.29) is 24.7 Å². The third kappa shape index (κ3) is 5.19. The predicted molar refractivity (Wildman–Crippen MR) is 131 cm³/mol. The van der Waals surface area contributed by atoms with E-state index in [1.54, 1.807) is 28.7 Å². The number of carbonyl (C=O) groups excluding carboxylic acids is 2. The van der Waals surface area contributed by atoms with E-state index < -0.39 is 34.9 Å². The molecule has 35 heavy (non-hydrogen) atoms. The second kappa shape index (κ2) is 10.3. The standard InChI is InChI=1S/C24H24ClF2N5O2S/c1-14(2)32(21-12-28-13-35-21)23(34)24(22(33)31-20-6-4-16(25)11-30-20)7-8-29-19(10-24)15-3-5-17(26)18(27)9-15/h3-6,9,11-14,19,29H,7-8,10H2,1-2H3,(H,30,31,33). The molecule has 0 spiro atoms. The van der Waals surface area contributed by atoms with Gasteiger partial charge in [-0.25, -0.2) is 13.8 Å². The number of rotatable bonds is 6. The van der Waals surface area contributed by atoms with Gasteiger partial charge in [0.1, 0.15) is 16.2 Å². The highest BCUT2D eigenvalue weighted by Gasteiger charge is 2.52. The smallest absolute Gasteiger partial charge is 0.243 e. The van der Waals surface area contributed by atoms with Crippen LogP contribution in [-0.4, -0.2) is 34.4 Å². The first-order valence-electron chi connectivity index (χ1n) is 11.0. The predicted octanol–water partition coefficient (Wildman–Crippen LogP) is 4.96. The number of pyridine rings is 1. The molecular weight excluding hydrogens is 496 g/mol. The van der Waals surface area contributed by atoms with E-state index in [9.17, 15) is 18.4 Å². The molecule has 7 nitrogen and oxygen atoms in total. The summed E-state index contributed by atoms with van der Waals surface area (Å²) in [6, 6.07) is 5.92. The topological polar surface area (TPSA) is 87.2 Å². The number of halogens is 3. The van der Waals surface area contributed by atoms with Crippen molar-refractivity contribution in [3.8, 4) is 0 Å². The van der Waals surface area contributed by atoms with E-state index in [1.165, 1.54) is 23.6 Å². The quantitative estimate of drug-likeness (QED) is 0.449. The summed E-state index contributed by atoms with van der Waals surface area (Å²) in [4.78, 5) is 37.8. The number of nitrogens with one attached hydrogen (secondary N) is 2. The Kier molecular flexibility index (Phi) is 7.44. The first kappa shape index (κ1) is 25.2. The van der Waals surface area contributed by atoms with Crippen LogP contribution in [0.15, 0.2) is 48.2 Å². The van der Waals surface area contributed by atoms with Gasteiger partial charge in [0.05, 0.1) is 16.7 Å². The second-order valence-corrected chi connectivity index (χ2v) is 9.94. The average Bonchev–Trinajstić information content (AvgIpc) is 3.36. The monoisotopic (exact) mass is 519 g/mol. The van der Waals surface area contributed by atoms with Gasteiger partial charge in [-0.05, 0) is 63.1 Å². The molecule has 3 heterocycles. The van der Waals surface area contributed by atoms with E-state index in [0.29, 0.717) is 22.1 Å². The first-order chi connectivity index (χ1) is 16.7. The Balaban J connectivity index is 1.74. The molecule has 2 amide bonds. The summed E-state index contributed by atoms with van der Waals surface area (Å²) in [5.41, 5.74) is 0.567. The largest absolute Gasteiger partial charge is 0.310 e. The van der Waals surface area contributed by atoms with Crippen molar-refractivity contribution in [1.29, 1.82) is 0 Å². The van der Waals surface area contributed by atoms with Crippen molar-refractivity contribution in [2.45, 2.75) is 38.8 Å². The Bertz CT molecular complexity index is 1210. The molecular formula is C24H24ClF2N5O2S. The number of thiazole rings is 1. The van der Waals surface area contributed by atoms with E-state index >= 15 is 0 Å². The van der Waals surface area contributed by atoms with Crippen LogP contribution in [0.25, 0.3) is 0 Å². The fraction of sp³-hybridized carbons (Fsp3) is 0.333. The van der Waals surface area contributed by atoms with Crippen molar-refractivity contribution in [3.63, 3.8) is 0 Å². The number of nitrogens with zero attached hydrogens (tertiary/aromatic N) is 3. The Morgan fingerprint density at radius 3 is 2.66 bits per heavy atom. The number of hydrogen-bond acceptors (Lipinski definition) is 6. The second-order valence-electron chi connectivity index (χ2n) is 8.64. The Labute approximate surface area is 210 Å². The molecule has 2 unspecified atom stereocenters. The molecule has 0 saturated carbocycles. The summed E-state index contributed by atoms with van der Waals surface area (Å²) in [6.45, 7) is 4.03. The molecule has 4 rings (SSSR count). The summed E-state index contributed by atoms with van der Waals surface area (Å²) in [6.07, 6.45) is 3.23. The zero-order chi connectivity index (χ0) is 25.2. The summed E-state index contributed by atoms with van der Waals surface area (Å²) in [5.74, 6) is -2.62. The fourth-order valence-electron chi connectivity index (χ4n) is 4.28. The normalized spacial score (nSPS) is 20.0. The molecule has 2 N–H and O–H groups in total. The molecule has 1 saturated heterocycles. The maximum Gasteiger partial charge on any atom is 0.243 e. The molecule has 1 aromatic carbocycles. The molecule has 3 aromatic rings. The minimum atomic E-state index is -1.50. The lowest BCUT2D eigenvalue weighted by atomic mass is 9.72. The maximum absolute atomic E-state index is 14.2. The van der Waals surface area contributed by atoms with Crippen LogP contribution in [0.1, 0.15) is 38.3 Å². The number of benzene rings is 1. The molecule has 0 bridgehead atoms. The number of carbonyl (C=O) groups is 2. The minimum Gasteiger partial charge on any atom is -0.310 e. The number of piperidine rings is 1. The van der Waals surface area contributed by atoms with Crippen molar-refractivity contribution in [2.75, 3.05) is 16.8 Å². The average molecular weight is 520 g/mol. The number of anilines is 2. The lowest BCUT2D eigenvalue weighted by Crippen LogP contribution is -2.57. The van der Waals surface area contributed by atoms with Gasteiger partial charge < -0.3 is 10.6 Å². The number of hydrogen-bond donors (Lipinski definition) is 2. The lowest BCUT2D eigenvalue weighted by Gasteiger charge is -2.42. The van der Waals surface area contributed by atoms with Crippen molar-refractivity contribution in [3.05, 3.63) is 70.5 Å².